The third-order valence-electron chi connectivity index (χ3n) is 2.92. The Morgan fingerprint density at radius 3 is 2.95 bits per heavy atom. The SMILES string of the molecule is COC(CNOC(=O)NC1C=Nc2ccccc2OC1)OC. The maximum absolute atomic E-state index is 11.7. The van der Waals surface area contributed by atoms with Crippen LogP contribution in [0.1, 0.15) is 0 Å². The van der Waals surface area contributed by atoms with E-state index in [1.54, 1.807) is 6.21 Å². The number of hydroxylamine groups is 1. The van der Waals surface area contributed by atoms with Crippen LogP contribution in [0.4, 0.5) is 10.5 Å². The van der Waals surface area contributed by atoms with Crippen molar-refractivity contribution < 1.29 is 23.8 Å². The molecule has 22 heavy (non-hydrogen) atoms. The highest BCUT2D eigenvalue weighted by Gasteiger charge is 2.16. The van der Waals surface area contributed by atoms with Crippen LogP contribution in [0.2, 0.25) is 0 Å². The number of amides is 1. The molecule has 120 valence electrons. The van der Waals surface area contributed by atoms with Crippen molar-refractivity contribution in [1.82, 2.24) is 10.8 Å². The Kier molecular flexibility index (Phi) is 6.13. The minimum absolute atomic E-state index is 0.209. The first-order valence-electron chi connectivity index (χ1n) is 6.74. The van der Waals surface area contributed by atoms with Crippen molar-refractivity contribution in [2.75, 3.05) is 27.4 Å². The van der Waals surface area contributed by atoms with E-state index in [1.807, 2.05) is 24.3 Å². The van der Waals surface area contributed by atoms with Crippen molar-refractivity contribution in [3.8, 4) is 5.75 Å². The molecule has 1 heterocycles. The minimum atomic E-state index is -0.642. The van der Waals surface area contributed by atoms with Crippen LogP contribution >= 0.6 is 0 Å². The lowest BCUT2D eigenvalue weighted by molar-refractivity contribution is -0.113. The lowest BCUT2D eigenvalue weighted by Crippen LogP contribution is -2.43. The third-order valence-corrected chi connectivity index (χ3v) is 2.92. The second-order valence-electron chi connectivity index (χ2n) is 4.45. The van der Waals surface area contributed by atoms with Crippen molar-refractivity contribution in [2.24, 2.45) is 4.99 Å². The molecule has 0 saturated heterocycles. The molecule has 0 aliphatic carbocycles. The summed E-state index contributed by atoms with van der Waals surface area (Å²) in [5.41, 5.74) is 3.19. The van der Waals surface area contributed by atoms with E-state index in [1.165, 1.54) is 14.2 Å². The van der Waals surface area contributed by atoms with E-state index in [2.05, 4.69) is 15.8 Å². The van der Waals surface area contributed by atoms with Gasteiger partial charge in [0.2, 0.25) is 0 Å². The molecule has 1 amide bonds. The lowest BCUT2D eigenvalue weighted by atomic mass is 10.3. The first-order chi connectivity index (χ1) is 10.7. The molecule has 0 bridgehead atoms. The van der Waals surface area contributed by atoms with Crippen LogP contribution in [0.25, 0.3) is 0 Å². The number of methoxy groups -OCH3 is 2. The molecular weight excluding hydrogens is 290 g/mol. The molecule has 1 unspecified atom stereocenters. The molecule has 0 aromatic heterocycles. The molecule has 0 radical (unpaired) electrons. The van der Waals surface area contributed by atoms with Gasteiger partial charge in [-0.05, 0) is 12.1 Å². The van der Waals surface area contributed by atoms with E-state index in [0.29, 0.717) is 5.75 Å². The quantitative estimate of drug-likeness (QED) is 0.602. The monoisotopic (exact) mass is 309 g/mol. The van der Waals surface area contributed by atoms with Gasteiger partial charge in [-0.2, -0.15) is 0 Å². The number of nitrogens with zero attached hydrogens (tertiary/aromatic N) is 1. The molecule has 1 aliphatic rings. The average molecular weight is 309 g/mol. The largest absolute Gasteiger partial charge is 0.489 e. The topological polar surface area (TPSA) is 90.4 Å². The summed E-state index contributed by atoms with van der Waals surface area (Å²) in [5, 5.41) is 2.62. The zero-order chi connectivity index (χ0) is 15.8. The van der Waals surface area contributed by atoms with Gasteiger partial charge in [0.05, 0.1) is 6.54 Å². The van der Waals surface area contributed by atoms with Gasteiger partial charge in [0, 0.05) is 20.4 Å². The predicted molar refractivity (Wildman–Crippen MR) is 79.3 cm³/mol. The van der Waals surface area contributed by atoms with Gasteiger partial charge in [-0.25, -0.2) is 4.79 Å². The number of nitrogens with one attached hydrogen (secondary N) is 2. The van der Waals surface area contributed by atoms with E-state index in [4.69, 9.17) is 19.0 Å². The Labute approximate surface area is 128 Å². The molecule has 0 spiro atoms. The van der Waals surface area contributed by atoms with Gasteiger partial charge in [0.15, 0.2) is 6.29 Å². The van der Waals surface area contributed by atoms with Crippen molar-refractivity contribution in [3.05, 3.63) is 24.3 Å². The summed E-state index contributed by atoms with van der Waals surface area (Å²) in [5.74, 6) is 0.678. The maximum Gasteiger partial charge on any atom is 0.426 e. The van der Waals surface area contributed by atoms with Crippen molar-refractivity contribution in [3.63, 3.8) is 0 Å². The van der Waals surface area contributed by atoms with Crippen LogP contribution in [-0.2, 0) is 14.3 Å². The number of aliphatic imine (C=N–C) groups is 1. The highest BCUT2D eigenvalue weighted by molar-refractivity contribution is 5.78. The maximum atomic E-state index is 11.7. The number of carbonyl (C=O) groups is 1. The fraction of sp³-hybridized carbons (Fsp3) is 0.429. The number of benzene rings is 1. The number of ether oxygens (including phenoxy) is 3. The lowest BCUT2D eigenvalue weighted by Gasteiger charge is -2.16. The predicted octanol–water partition coefficient (Wildman–Crippen LogP) is 1.000. The van der Waals surface area contributed by atoms with E-state index in [0.717, 1.165) is 5.69 Å². The van der Waals surface area contributed by atoms with E-state index < -0.39 is 12.4 Å². The standard InChI is InChI=1S/C14H19N3O5/c1-19-13(20-2)8-16-22-14(18)17-10-7-15-11-5-3-4-6-12(11)21-9-10/h3-7,10,13,16H,8-9H2,1-2H3,(H,17,18). The highest BCUT2D eigenvalue weighted by Crippen LogP contribution is 2.27. The molecule has 1 aromatic carbocycles. The molecule has 0 fully saturated rings. The number of rotatable bonds is 6. The zero-order valence-electron chi connectivity index (χ0n) is 12.4. The van der Waals surface area contributed by atoms with Gasteiger partial charge in [-0.1, -0.05) is 12.1 Å². The van der Waals surface area contributed by atoms with Gasteiger partial charge >= 0.3 is 6.09 Å². The number of hydrogen-bond donors (Lipinski definition) is 2. The fourth-order valence-electron chi connectivity index (χ4n) is 1.78. The molecule has 0 saturated carbocycles. The van der Waals surface area contributed by atoms with Gasteiger partial charge in [0.1, 0.15) is 24.1 Å². The van der Waals surface area contributed by atoms with Crippen LogP contribution in [0.5, 0.6) is 5.75 Å². The van der Waals surface area contributed by atoms with E-state index in [-0.39, 0.29) is 19.2 Å². The van der Waals surface area contributed by atoms with Gasteiger partial charge < -0.3 is 24.4 Å². The fourth-order valence-corrected chi connectivity index (χ4v) is 1.78. The summed E-state index contributed by atoms with van der Waals surface area (Å²) in [6.07, 6.45) is 0.474. The molecule has 2 rings (SSSR count). The van der Waals surface area contributed by atoms with Crippen LogP contribution in [0.3, 0.4) is 0 Å². The van der Waals surface area contributed by atoms with E-state index >= 15 is 0 Å². The molecule has 8 nitrogen and oxygen atoms in total. The molecule has 2 N–H and O–H groups in total. The van der Waals surface area contributed by atoms with Crippen molar-refractivity contribution >= 4 is 18.0 Å². The normalized spacial score (nSPS) is 16.6. The Bertz CT molecular complexity index is 519. The molecule has 1 atom stereocenters. The Morgan fingerprint density at radius 2 is 2.18 bits per heavy atom. The smallest absolute Gasteiger partial charge is 0.426 e. The number of hydrogen-bond acceptors (Lipinski definition) is 7. The van der Waals surface area contributed by atoms with Crippen molar-refractivity contribution in [2.45, 2.75) is 12.3 Å². The summed E-state index contributed by atoms with van der Waals surface area (Å²) in [7, 11) is 2.99. The number of fused-ring (bicyclic) bond motifs is 1. The average Bonchev–Trinajstić information content (AvgIpc) is 2.74. The van der Waals surface area contributed by atoms with Crippen LogP contribution in [-0.4, -0.2) is 52.0 Å². The summed E-state index contributed by atoms with van der Waals surface area (Å²) in [4.78, 5) is 20.8. The van der Waals surface area contributed by atoms with Gasteiger partial charge in [-0.3, -0.25) is 4.99 Å². The molecule has 8 heteroatoms. The summed E-state index contributed by atoms with van der Waals surface area (Å²) < 4.78 is 15.5. The molecule has 1 aliphatic heterocycles. The Balaban J connectivity index is 1.76. The third kappa shape index (κ3) is 4.69. The Morgan fingerprint density at radius 1 is 1.41 bits per heavy atom. The minimum Gasteiger partial charge on any atom is -0.489 e. The summed E-state index contributed by atoms with van der Waals surface area (Å²) in [6, 6.07) is 7.01. The second kappa shape index (κ2) is 8.32. The van der Waals surface area contributed by atoms with Crippen LogP contribution < -0.4 is 15.5 Å². The second-order valence-corrected chi connectivity index (χ2v) is 4.45. The number of carbonyl (C=O) groups excluding carboxylic acids is 1. The highest BCUT2D eigenvalue weighted by atomic mass is 16.7. The zero-order valence-corrected chi connectivity index (χ0v) is 12.4. The molecule has 1 aromatic rings. The van der Waals surface area contributed by atoms with Gasteiger partial charge in [-0.15, -0.1) is 5.48 Å². The van der Waals surface area contributed by atoms with E-state index in [9.17, 15) is 4.79 Å². The number of para-hydroxylation sites is 2. The Hall–Kier alpha value is -2.16. The summed E-state index contributed by atoms with van der Waals surface area (Å²) in [6.45, 7) is 0.482. The van der Waals surface area contributed by atoms with Crippen LogP contribution in [0.15, 0.2) is 29.3 Å². The summed E-state index contributed by atoms with van der Waals surface area (Å²) >= 11 is 0. The first kappa shape index (κ1) is 16.2. The van der Waals surface area contributed by atoms with Crippen molar-refractivity contribution in [1.29, 1.82) is 0 Å². The van der Waals surface area contributed by atoms with Crippen LogP contribution in [0, 0.1) is 0 Å². The van der Waals surface area contributed by atoms with Gasteiger partial charge in [0.25, 0.3) is 0 Å². The molecular formula is C14H19N3O5. The first-order valence-corrected chi connectivity index (χ1v) is 6.74.